The molecule has 0 radical (unpaired) electrons. The van der Waals surface area contributed by atoms with Crippen LogP contribution in [0.3, 0.4) is 0 Å². The van der Waals surface area contributed by atoms with Crippen molar-refractivity contribution in [2.24, 2.45) is 0 Å². The average Bonchev–Trinajstić information content (AvgIpc) is 2.34. The van der Waals surface area contributed by atoms with Gasteiger partial charge in [-0.2, -0.15) is 0 Å². The number of amides is 1. The summed E-state index contributed by atoms with van der Waals surface area (Å²) in [6.07, 6.45) is 2.72. The molecule has 0 spiro atoms. The van der Waals surface area contributed by atoms with E-state index in [0.29, 0.717) is 5.82 Å². The van der Waals surface area contributed by atoms with E-state index in [9.17, 15) is 4.79 Å². The van der Waals surface area contributed by atoms with Crippen molar-refractivity contribution in [2.45, 2.75) is 13.8 Å². The SMILES string of the molecule is Cc1ccc(C)c(NC(=O)c2cnc(N)cn2)c1. The molecule has 0 fully saturated rings. The Hall–Kier alpha value is -2.43. The summed E-state index contributed by atoms with van der Waals surface area (Å²) in [4.78, 5) is 19.7. The fraction of sp³-hybridized carbons (Fsp3) is 0.154. The maximum absolute atomic E-state index is 11.9. The number of rotatable bonds is 2. The number of anilines is 2. The minimum atomic E-state index is -0.295. The highest BCUT2D eigenvalue weighted by molar-refractivity contribution is 6.03. The van der Waals surface area contributed by atoms with E-state index < -0.39 is 0 Å². The van der Waals surface area contributed by atoms with Crippen molar-refractivity contribution >= 4 is 17.4 Å². The van der Waals surface area contributed by atoms with E-state index in [1.807, 2.05) is 32.0 Å². The van der Waals surface area contributed by atoms with E-state index in [1.54, 1.807) is 0 Å². The molecular formula is C13H14N4O. The zero-order chi connectivity index (χ0) is 13.1. The smallest absolute Gasteiger partial charge is 0.275 e. The van der Waals surface area contributed by atoms with E-state index in [1.165, 1.54) is 12.4 Å². The van der Waals surface area contributed by atoms with Gasteiger partial charge < -0.3 is 11.1 Å². The second kappa shape index (κ2) is 4.83. The lowest BCUT2D eigenvalue weighted by molar-refractivity contribution is 0.102. The number of carbonyl (C=O) groups is 1. The van der Waals surface area contributed by atoms with Gasteiger partial charge in [-0.25, -0.2) is 9.97 Å². The summed E-state index contributed by atoms with van der Waals surface area (Å²) in [6.45, 7) is 3.90. The van der Waals surface area contributed by atoms with Crippen LogP contribution >= 0.6 is 0 Å². The van der Waals surface area contributed by atoms with Crippen molar-refractivity contribution in [2.75, 3.05) is 11.1 Å². The number of aromatic nitrogens is 2. The summed E-state index contributed by atoms with van der Waals surface area (Å²) in [7, 11) is 0. The van der Waals surface area contributed by atoms with Crippen molar-refractivity contribution in [1.29, 1.82) is 0 Å². The van der Waals surface area contributed by atoms with Crippen LogP contribution in [0, 0.1) is 13.8 Å². The lowest BCUT2D eigenvalue weighted by atomic mass is 10.1. The molecule has 2 aromatic rings. The van der Waals surface area contributed by atoms with Crippen LogP contribution in [0.1, 0.15) is 21.6 Å². The Labute approximate surface area is 105 Å². The minimum Gasteiger partial charge on any atom is -0.382 e. The van der Waals surface area contributed by atoms with Crippen LogP contribution in [0.4, 0.5) is 11.5 Å². The molecule has 1 aromatic carbocycles. The molecule has 1 aromatic heterocycles. The topological polar surface area (TPSA) is 80.9 Å². The molecule has 5 nitrogen and oxygen atoms in total. The van der Waals surface area contributed by atoms with Crippen molar-refractivity contribution in [3.8, 4) is 0 Å². The van der Waals surface area contributed by atoms with Gasteiger partial charge in [0.1, 0.15) is 11.5 Å². The summed E-state index contributed by atoms with van der Waals surface area (Å²) in [5, 5.41) is 2.80. The number of carbonyl (C=O) groups excluding carboxylic acids is 1. The molecule has 0 unspecified atom stereocenters. The van der Waals surface area contributed by atoms with Gasteiger partial charge in [0.15, 0.2) is 0 Å². The lowest BCUT2D eigenvalue weighted by Crippen LogP contribution is -2.15. The molecule has 92 valence electrons. The quantitative estimate of drug-likeness (QED) is 0.843. The van der Waals surface area contributed by atoms with E-state index in [2.05, 4.69) is 15.3 Å². The van der Waals surface area contributed by atoms with Gasteiger partial charge in [-0.05, 0) is 31.0 Å². The molecule has 0 atom stereocenters. The molecule has 1 heterocycles. The number of aryl methyl sites for hydroxylation is 2. The van der Waals surface area contributed by atoms with E-state index in [4.69, 9.17) is 5.73 Å². The summed E-state index contributed by atoms with van der Waals surface area (Å²) < 4.78 is 0. The number of hydrogen-bond acceptors (Lipinski definition) is 4. The number of hydrogen-bond donors (Lipinski definition) is 2. The zero-order valence-corrected chi connectivity index (χ0v) is 10.3. The number of benzene rings is 1. The van der Waals surface area contributed by atoms with Crippen LogP contribution in [0.2, 0.25) is 0 Å². The Morgan fingerprint density at radius 1 is 1.22 bits per heavy atom. The van der Waals surface area contributed by atoms with Crippen LogP contribution in [0.15, 0.2) is 30.6 Å². The van der Waals surface area contributed by atoms with E-state index in [0.717, 1.165) is 16.8 Å². The molecule has 0 aliphatic heterocycles. The summed E-state index contributed by atoms with van der Waals surface area (Å²) in [5.74, 6) is -0.00511. The van der Waals surface area contributed by atoms with Crippen LogP contribution in [-0.2, 0) is 0 Å². The predicted molar refractivity (Wildman–Crippen MR) is 70.3 cm³/mol. The summed E-state index contributed by atoms with van der Waals surface area (Å²) in [6, 6.07) is 5.87. The monoisotopic (exact) mass is 242 g/mol. The normalized spacial score (nSPS) is 10.1. The molecule has 0 aliphatic carbocycles. The third-order valence-corrected chi connectivity index (χ3v) is 2.55. The van der Waals surface area contributed by atoms with Gasteiger partial charge in [0, 0.05) is 5.69 Å². The standard InChI is InChI=1S/C13H14N4O/c1-8-3-4-9(2)10(5-8)17-13(18)11-6-16-12(14)7-15-11/h3-7H,1-2H3,(H2,14,16)(H,17,18). The molecule has 0 aliphatic rings. The van der Waals surface area contributed by atoms with Crippen molar-refractivity contribution in [1.82, 2.24) is 9.97 Å². The zero-order valence-electron chi connectivity index (χ0n) is 10.3. The number of nitrogen functional groups attached to an aromatic ring is 1. The lowest BCUT2D eigenvalue weighted by Gasteiger charge is -2.08. The molecule has 5 heteroatoms. The van der Waals surface area contributed by atoms with E-state index in [-0.39, 0.29) is 11.6 Å². The molecule has 0 saturated carbocycles. The molecule has 2 rings (SSSR count). The Morgan fingerprint density at radius 3 is 2.67 bits per heavy atom. The summed E-state index contributed by atoms with van der Waals surface area (Å²) in [5.41, 5.74) is 8.52. The fourth-order valence-electron chi connectivity index (χ4n) is 1.51. The molecule has 1 amide bonds. The Balaban J connectivity index is 2.21. The van der Waals surface area contributed by atoms with Gasteiger partial charge in [-0.3, -0.25) is 4.79 Å². The Morgan fingerprint density at radius 2 is 2.00 bits per heavy atom. The van der Waals surface area contributed by atoms with Gasteiger partial charge in [0.05, 0.1) is 12.4 Å². The highest BCUT2D eigenvalue weighted by atomic mass is 16.1. The first-order valence-electron chi connectivity index (χ1n) is 5.52. The number of nitrogens with zero attached hydrogens (tertiary/aromatic N) is 2. The second-order valence-corrected chi connectivity index (χ2v) is 4.10. The van der Waals surface area contributed by atoms with Crippen LogP contribution in [-0.4, -0.2) is 15.9 Å². The number of nitrogens with one attached hydrogen (secondary N) is 1. The fourth-order valence-corrected chi connectivity index (χ4v) is 1.51. The predicted octanol–water partition coefficient (Wildman–Crippen LogP) is 1.93. The highest BCUT2D eigenvalue weighted by Gasteiger charge is 2.09. The first-order valence-corrected chi connectivity index (χ1v) is 5.52. The molecular weight excluding hydrogens is 228 g/mol. The van der Waals surface area contributed by atoms with Crippen molar-refractivity contribution < 1.29 is 4.79 Å². The van der Waals surface area contributed by atoms with Crippen molar-refractivity contribution in [3.63, 3.8) is 0 Å². The highest BCUT2D eigenvalue weighted by Crippen LogP contribution is 2.16. The average molecular weight is 242 g/mol. The minimum absolute atomic E-state index is 0.241. The second-order valence-electron chi connectivity index (χ2n) is 4.10. The third-order valence-electron chi connectivity index (χ3n) is 2.55. The van der Waals surface area contributed by atoms with Crippen LogP contribution < -0.4 is 11.1 Å². The third kappa shape index (κ3) is 2.63. The Bertz CT molecular complexity index is 578. The first-order chi connectivity index (χ1) is 8.56. The number of nitrogens with two attached hydrogens (primary N) is 1. The molecule has 0 saturated heterocycles. The van der Waals surface area contributed by atoms with Gasteiger partial charge in [0.2, 0.25) is 0 Å². The maximum atomic E-state index is 11.9. The molecule has 0 bridgehead atoms. The molecule has 3 N–H and O–H groups in total. The van der Waals surface area contributed by atoms with Gasteiger partial charge >= 0.3 is 0 Å². The van der Waals surface area contributed by atoms with Crippen molar-refractivity contribution in [3.05, 3.63) is 47.4 Å². The van der Waals surface area contributed by atoms with Crippen LogP contribution in [0.25, 0.3) is 0 Å². The van der Waals surface area contributed by atoms with Gasteiger partial charge in [-0.15, -0.1) is 0 Å². The Kier molecular flexibility index (Phi) is 3.23. The van der Waals surface area contributed by atoms with Gasteiger partial charge in [-0.1, -0.05) is 12.1 Å². The van der Waals surface area contributed by atoms with Crippen LogP contribution in [0.5, 0.6) is 0 Å². The van der Waals surface area contributed by atoms with Gasteiger partial charge in [0.25, 0.3) is 5.91 Å². The first kappa shape index (κ1) is 12.0. The largest absolute Gasteiger partial charge is 0.382 e. The summed E-state index contributed by atoms with van der Waals surface area (Å²) >= 11 is 0. The maximum Gasteiger partial charge on any atom is 0.275 e. The molecule has 18 heavy (non-hydrogen) atoms. The van der Waals surface area contributed by atoms with E-state index >= 15 is 0 Å².